The summed E-state index contributed by atoms with van der Waals surface area (Å²) in [5, 5.41) is 2.31. The Balaban J connectivity index is 1.08. The lowest BCUT2D eigenvalue weighted by atomic mass is 9.92. The van der Waals surface area contributed by atoms with Crippen LogP contribution in [0.1, 0.15) is 65.2 Å². The van der Waals surface area contributed by atoms with Crippen LogP contribution in [0.2, 0.25) is 0 Å². The van der Waals surface area contributed by atoms with Crippen LogP contribution >= 0.6 is 0 Å². The fourth-order valence-corrected chi connectivity index (χ4v) is 6.05. The van der Waals surface area contributed by atoms with Crippen LogP contribution < -0.4 is 10.1 Å². The van der Waals surface area contributed by atoms with E-state index in [2.05, 4.69) is 15.2 Å². The van der Waals surface area contributed by atoms with Gasteiger partial charge in [-0.3, -0.25) is 29.6 Å². The number of likely N-dealkylation sites (tertiary alicyclic amines) is 1. The summed E-state index contributed by atoms with van der Waals surface area (Å²) in [4.78, 5) is 44.6. The number of hydrogen-bond acceptors (Lipinski definition) is 6. The number of carbonyl (C=O) groups excluding carboxylic acids is 3. The summed E-state index contributed by atoms with van der Waals surface area (Å²) in [6.45, 7) is 1.74. The predicted octanol–water partition coefficient (Wildman–Crippen LogP) is 3.26. The van der Waals surface area contributed by atoms with E-state index in [9.17, 15) is 27.6 Å². The maximum Gasteiger partial charge on any atom is 0.417 e. The summed E-state index contributed by atoms with van der Waals surface area (Å²) in [7, 11) is 0. The number of alkyl halides is 3. The average Bonchev–Trinajstić information content (AvgIpc) is 3.42. The predicted molar refractivity (Wildman–Crippen MR) is 128 cm³/mol. The highest BCUT2D eigenvalue weighted by atomic mass is 19.4. The van der Waals surface area contributed by atoms with Crippen molar-refractivity contribution in [2.45, 2.75) is 68.9 Å². The molecule has 11 heteroatoms. The molecule has 8 nitrogen and oxygen atoms in total. The Morgan fingerprint density at radius 3 is 2.55 bits per heavy atom. The van der Waals surface area contributed by atoms with Crippen molar-refractivity contribution in [3.05, 3.63) is 58.9 Å². The highest BCUT2D eigenvalue weighted by Crippen LogP contribution is 2.37. The first-order valence-corrected chi connectivity index (χ1v) is 12.9. The zero-order valence-electron chi connectivity index (χ0n) is 20.5. The second-order valence-electron chi connectivity index (χ2n) is 10.5. The molecule has 3 atom stereocenters. The molecule has 3 amide bonds. The molecule has 3 aliphatic heterocycles. The van der Waals surface area contributed by atoms with Gasteiger partial charge in [0.15, 0.2) is 0 Å². The fraction of sp³-hybridized carbons (Fsp3) is 0.481. The molecule has 1 aromatic heterocycles. The van der Waals surface area contributed by atoms with Gasteiger partial charge in [-0.05, 0) is 61.6 Å². The maximum atomic E-state index is 12.9. The number of nitrogens with zero attached hydrogens (tertiary/aromatic N) is 3. The minimum absolute atomic E-state index is 0.0297. The van der Waals surface area contributed by atoms with Crippen molar-refractivity contribution < 1.29 is 32.3 Å². The number of benzene rings is 1. The largest absolute Gasteiger partial charge is 0.489 e. The van der Waals surface area contributed by atoms with Crippen LogP contribution in [0, 0.1) is 0 Å². The lowest BCUT2D eigenvalue weighted by Gasteiger charge is -2.44. The summed E-state index contributed by atoms with van der Waals surface area (Å²) in [5.41, 5.74) is 1.27. The number of ether oxygens (including phenoxy) is 1. The second-order valence-corrected chi connectivity index (χ2v) is 10.5. The number of fused-ring (bicyclic) bond motifs is 1. The van der Waals surface area contributed by atoms with Crippen LogP contribution in [0.25, 0.3) is 0 Å². The van der Waals surface area contributed by atoms with E-state index >= 15 is 0 Å². The smallest absolute Gasteiger partial charge is 0.417 e. The van der Waals surface area contributed by atoms with Crippen molar-refractivity contribution in [2.24, 2.45) is 0 Å². The first kappa shape index (κ1) is 24.8. The van der Waals surface area contributed by atoms with Crippen molar-refractivity contribution in [3.63, 3.8) is 0 Å². The number of aromatic nitrogens is 1. The SMILES string of the molecule is O=C1CCC(N2Cc3cc(O[C@@H]4CCC[C@H]4N4CC(c5ccc(C(F)(F)F)cn5)C4)ccc3C2=O)C(=O)N1. The van der Waals surface area contributed by atoms with Gasteiger partial charge in [0, 0.05) is 55.5 Å². The topological polar surface area (TPSA) is 91.8 Å². The van der Waals surface area contributed by atoms with E-state index in [1.165, 1.54) is 11.0 Å². The van der Waals surface area contributed by atoms with Gasteiger partial charge in [0.1, 0.15) is 17.9 Å². The van der Waals surface area contributed by atoms with E-state index in [1.54, 1.807) is 12.1 Å². The Bertz CT molecular complexity index is 1280. The molecule has 1 aromatic carbocycles. The molecule has 1 saturated carbocycles. The summed E-state index contributed by atoms with van der Waals surface area (Å²) in [6.07, 6.45) is -0.108. The highest BCUT2D eigenvalue weighted by molar-refractivity contribution is 6.05. The molecule has 1 N–H and O–H groups in total. The highest BCUT2D eigenvalue weighted by Gasteiger charge is 2.42. The van der Waals surface area contributed by atoms with Crippen LogP contribution in [-0.4, -0.2) is 63.8 Å². The number of halogens is 3. The van der Waals surface area contributed by atoms with Gasteiger partial charge in [0.25, 0.3) is 5.91 Å². The van der Waals surface area contributed by atoms with Crippen LogP contribution in [-0.2, 0) is 22.3 Å². The third-order valence-corrected chi connectivity index (χ3v) is 8.11. The number of carbonyl (C=O) groups is 3. The monoisotopic (exact) mass is 528 g/mol. The number of pyridine rings is 1. The summed E-state index contributed by atoms with van der Waals surface area (Å²) in [5.74, 6) is -0.209. The van der Waals surface area contributed by atoms with E-state index in [0.717, 1.165) is 50.2 Å². The fourth-order valence-electron chi connectivity index (χ4n) is 6.05. The number of nitrogens with one attached hydrogen (secondary N) is 1. The number of rotatable bonds is 5. The molecule has 4 heterocycles. The number of amides is 3. The van der Waals surface area contributed by atoms with Crippen molar-refractivity contribution in [1.82, 2.24) is 20.1 Å². The normalized spacial score (nSPS) is 26.3. The third kappa shape index (κ3) is 4.53. The van der Waals surface area contributed by atoms with Crippen LogP contribution in [0.5, 0.6) is 5.75 Å². The van der Waals surface area contributed by atoms with Gasteiger partial charge in [0.2, 0.25) is 11.8 Å². The minimum Gasteiger partial charge on any atom is -0.489 e. The molecule has 1 unspecified atom stereocenters. The Kier molecular flexibility index (Phi) is 6.13. The van der Waals surface area contributed by atoms with Gasteiger partial charge in [-0.15, -0.1) is 0 Å². The first-order valence-electron chi connectivity index (χ1n) is 12.9. The number of hydrogen-bond donors (Lipinski definition) is 1. The van der Waals surface area contributed by atoms with Gasteiger partial charge in [-0.25, -0.2) is 0 Å². The lowest BCUT2D eigenvalue weighted by molar-refractivity contribution is -0.138. The molecule has 0 spiro atoms. The molecule has 0 radical (unpaired) electrons. The molecule has 3 fully saturated rings. The van der Waals surface area contributed by atoms with Crippen molar-refractivity contribution in [1.29, 1.82) is 0 Å². The van der Waals surface area contributed by atoms with E-state index in [-0.39, 0.29) is 36.3 Å². The number of imide groups is 1. The summed E-state index contributed by atoms with van der Waals surface area (Å²) < 4.78 is 44.8. The zero-order chi connectivity index (χ0) is 26.6. The van der Waals surface area contributed by atoms with Gasteiger partial charge >= 0.3 is 6.18 Å². The standard InChI is InChI=1S/C27H27F3N4O4/c28-27(29,30)17-4-7-20(31-11-17)16-12-33(13-16)21-2-1-3-23(21)38-18-5-6-19-15(10-18)14-34(26(19)37)22-8-9-24(35)32-25(22)36/h4-7,10-11,16,21-23H,1-3,8-9,12-14H2,(H,32,35,36)/t21-,22?,23-/m1/s1. The van der Waals surface area contributed by atoms with E-state index in [0.29, 0.717) is 30.0 Å². The molecule has 4 aliphatic rings. The second kappa shape index (κ2) is 9.37. The molecule has 2 aromatic rings. The molecular weight excluding hydrogens is 501 g/mol. The molecule has 0 bridgehead atoms. The lowest BCUT2D eigenvalue weighted by Crippen LogP contribution is -2.54. The molecule has 1 aliphatic carbocycles. The van der Waals surface area contributed by atoms with E-state index < -0.39 is 23.7 Å². The minimum atomic E-state index is -4.39. The van der Waals surface area contributed by atoms with Gasteiger partial charge in [0.05, 0.1) is 5.56 Å². The average molecular weight is 529 g/mol. The first-order chi connectivity index (χ1) is 18.2. The Hall–Kier alpha value is -3.47. The van der Waals surface area contributed by atoms with Gasteiger partial charge in [-0.1, -0.05) is 0 Å². The van der Waals surface area contributed by atoms with Crippen LogP contribution in [0.4, 0.5) is 13.2 Å². The van der Waals surface area contributed by atoms with Crippen LogP contribution in [0.3, 0.4) is 0 Å². The zero-order valence-corrected chi connectivity index (χ0v) is 20.5. The molecule has 6 rings (SSSR count). The quantitative estimate of drug-likeness (QED) is 0.600. The third-order valence-electron chi connectivity index (χ3n) is 8.11. The molecule has 200 valence electrons. The number of piperidine rings is 1. The van der Waals surface area contributed by atoms with E-state index in [4.69, 9.17) is 4.74 Å². The molecular formula is C27H27F3N4O4. The Morgan fingerprint density at radius 1 is 1.03 bits per heavy atom. The van der Waals surface area contributed by atoms with Crippen LogP contribution in [0.15, 0.2) is 36.5 Å². The Morgan fingerprint density at radius 2 is 1.84 bits per heavy atom. The molecule has 2 saturated heterocycles. The Labute approximate surface area is 217 Å². The summed E-state index contributed by atoms with van der Waals surface area (Å²) in [6, 6.07) is 7.48. The van der Waals surface area contributed by atoms with Gasteiger partial charge < -0.3 is 9.64 Å². The van der Waals surface area contributed by atoms with Crippen molar-refractivity contribution in [2.75, 3.05) is 13.1 Å². The van der Waals surface area contributed by atoms with E-state index in [1.807, 2.05) is 6.07 Å². The van der Waals surface area contributed by atoms with Crippen molar-refractivity contribution >= 4 is 17.7 Å². The van der Waals surface area contributed by atoms with Gasteiger partial charge in [-0.2, -0.15) is 13.2 Å². The molecule has 38 heavy (non-hydrogen) atoms. The maximum absolute atomic E-state index is 12.9. The van der Waals surface area contributed by atoms with Crippen molar-refractivity contribution in [3.8, 4) is 5.75 Å². The summed E-state index contributed by atoms with van der Waals surface area (Å²) >= 11 is 0.